The van der Waals surface area contributed by atoms with Crippen LogP contribution in [0, 0.1) is 23.2 Å². The summed E-state index contributed by atoms with van der Waals surface area (Å²) in [4.78, 5) is 12.5. The van der Waals surface area contributed by atoms with Crippen molar-refractivity contribution in [3.8, 4) is 6.07 Å². The van der Waals surface area contributed by atoms with Gasteiger partial charge in [0, 0.05) is 16.1 Å². The average molecular weight is 496 g/mol. The molecule has 1 amide bonds. The molecular formula is C24H22ClN5O3S. The number of nitrogens with zero attached hydrogens (tertiary/aromatic N) is 3. The predicted octanol–water partition coefficient (Wildman–Crippen LogP) is 3.79. The second kappa shape index (κ2) is 9.43. The molecule has 34 heavy (non-hydrogen) atoms. The third-order valence-corrected chi connectivity index (χ3v) is 6.99. The highest BCUT2D eigenvalue weighted by molar-refractivity contribution is 7.89. The van der Waals surface area contributed by atoms with Crippen molar-refractivity contribution >= 4 is 44.1 Å². The van der Waals surface area contributed by atoms with E-state index < -0.39 is 10.0 Å². The van der Waals surface area contributed by atoms with Crippen molar-refractivity contribution in [3.63, 3.8) is 0 Å². The fourth-order valence-electron chi connectivity index (χ4n) is 3.94. The first-order valence-electron chi connectivity index (χ1n) is 10.5. The monoisotopic (exact) mass is 495 g/mol. The Hall–Kier alpha value is -3.45. The number of nitriles is 1. The first kappa shape index (κ1) is 23.7. The SMILES string of the molecule is CC1C=C(Cn2ncc3c(S(N)(=O)=O)cc(NC(=O)Cc4ccccc4Cl)cc32)C=CC1C#N. The summed E-state index contributed by atoms with van der Waals surface area (Å²) >= 11 is 6.15. The minimum Gasteiger partial charge on any atom is -0.326 e. The predicted molar refractivity (Wildman–Crippen MR) is 130 cm³/mol. The van der Waals surface area contributed by atoms with E-state index in [4.69, 9.17) is 16.7 Å². The van der Waals surface area contributed by atoms with Crippen LogP contribution < -0.4 is 10.5 Å². The highest BCUT2D eigenvalue weighted by Gasteiger charge is 2.20. The molecule has 1 aliphatic carbocycles. The largest absolute Gasteiger partial charge is 0.326 e. The summed E-state index contributed by atoms with van der Waals surface area (Å²) in [6.45, 7) is 2.33. The van der Waals surface area contributed by atoms with Gasteiger partial charge in [-0.25, -0.2) is 13.6 Å². The number of allylic oxidation sites excluding steroid dienone is 4. The molecule has 0 saturated carbocycles. The number of rotatable bonds is 6. The summed E-state index contributed by atoms with van der Waals surface area (Å²) in [6.07, 6.45) is 7.19. The molecule has 3 N–H and O–H groups in total. The first-order valence-corrected chi connectivity index (χ1v) is 12.4. The molecule has 0 fully saturated rings. The summed E-state index contributed by atoms with van der Waals surface area (Å²) in [5, 5.41) is 22.6. The smallest absolute Gasteiger partial charge is 0.238 e. The van der Waals surface area contributed by atoms with E-state index >= 15 is 0 Å². The molecule has 2 unspecified atom stereocenters. The van der Waals surface area contributed by atoms with Crippen LogP contribution in [0.2, 0.25) is 5.02 Å². The standard InChI is InChI=1S/C24H22ClN5O3S/c1-15-8-16(6-7-18(15)12-26)14-30-22-10-19(11-23(34(27,32)33)20(22)13-28-30)29-24(31)9-17-4-2-3-5-21(17)25/h2-8,10-11,13,15,18H,9,14H2,1H3,(H,29,31)(H2,27,32,33). The lowest BCUT2D eigenvalue weighted by atomic mass is 9.88. The number of nitrogens with two attached hydrogens (primary N) is 1. The zero-order chi connectivity index (χ0) is 24.5. The van der Waals surface area contributed by atoms with Crippen molar-refractivity contribution in [2.75, 3.05) is 5.32 Å². The number of carbonyl (C=O) groups is 1. The summed E-state index contributed by atoms with van der Waals surface area (Å²) in [7, 11) is -4.08. The number of fused-ring (bicyclic) bond motifs is 1. The van der Waals surface area contributed by atoms with Gasteiger partial charge in [-0.15, -0.1) is 0 Å². The Morgan fingerprint density at radius 3 is 2.76 bits per heavy atom. The minimum absolute atomic E-state index is 0.0251. The first-order chi connectivity index (χ1) is 16.2. The van der Waals surface area contributed by atoms with Crippen LogP contribution in [-0.2, 0) is 27.8 Å². The van der Waals surface area contributed by atoms with Gasteiger partial charge < -0.3 is 5.32 Å². The zero-order valence-electron chi connectivity index (χ0n) is 18.3. The number of hydrogen-bond acceptors (Lipinski definition) is 5. The summed E-state index contributed by atoms with van der Waals surface area (Å²) in [5.41, 5.74) is 2.37. The van der Waals surface area contributed by atoms with Crippen molar-refractivity contribution in [2.45, 2.75) is 24.8 Å². The van der Waals surface area contributed by atoms with E-state index in [0.717, 1.165) is 5.57 Å². The van der Waals surface area contributed by atoms with Crippen molar-refractivity contribution in [2.24, 2.45) is 17.0 Å². The summed E-state index contributed by atoms with van der Waals surface area (Å²) in [5.74, 6) is -0.494. The maximum Gasteiger partial charge on any atom is 0.238 e. The Morgan fingerprint density at radius 2 is 2.09 bits per heavy atom. The summed E-state index contributed by atoms with van der Waals surface area (Å²) in [6, 6.07) is 12.2. The van der Waals surface area contributed by atoms with Crippen LogP contribution in [0.1, 0.15) is 12.5 Å². The number of nitrogens with one attached hydrogen (secondary N) is 1. The fourth-order valence-corrected chi connectivity index (χ4v) is 4.89. The number of halogens is 1. The van der Waals surface area contributed by atoms with E-state index in [1.807, 2.05) is 25.2 Å². The lowest BCUT2D eigenvalue weighted by molar-refractivity contribution is -0.115. The Bertz CT molecular complexity index is 1480. The van der Waals surface area contributed by atoms with Gasteiger partial charge in [0.15, 0.2) is 0 Å². The van der Waals surface area contributed by atoms with Gasteiger partial charge in [-0.3, -0.25) is 9.48 Å². The minimum atomic E-state index is -4.08. The van der Waals surface area contributed by atoms with Gasteiger partial charge in [-0.2, -0.15) is 10.4 Å². The van der Waals surface area contributed by atoms with E-state index in [2.05, 4.69) is 16.5 Å². The van der Waals surface area contributed by atoms with E-state index in [1.165, 1.54) is 12.3 Å². The Morgan fingerprint density at radius 1 is 1.32 bits per heavy atom. The van der Waals surface area contributed by atoms with Gasteiger partial charge in [0.25, 0.3) is 0 Å². The molecule has 1 aromatic heterocycles. The number of primary sulfonamides is 1. The summed E-state index contributed by atoms with van der Waals surface area (Å²) < 4.78 is 26.2. The molecule has 10 heteroatoms. The molecule has 4 rings (SSSR count). The molecule has 8 nitrogen and oxygen atoms in total. The van der Waals surface area contributed by atoms with Crippen molar-refractivity contribution in [1.29, 1.82) is 5.26 Å². The second-order valence-corrected chi connectivity index (χ2v) is 10.1. The van der Waals surface area contributed by atoms with Gasteiger partial charge in [-0.05, 0) is 35.3 Å². The lowest BCUT2D eigenvalue weighted by Crippen LogP contribution is -2.17. The number of hydrogen-bond donors (Lipinski definition) is 2. The van der Waals surface area contributed by atoms with Gasteiger partial charge in [0.1, 0.15) is 0 Å². The number of carbonyl (C=O) groups excluding carboxylic acids is 1. The number of benzene rings is 2. The van der Waals surface area contributed by atoms with E-state index in [9.17, 15) is 18.5 Å². The third-order valence-electron chi connectivity index (χ3n) is 5.67. The zero-order valence-corrected chi connectivity index (χ0v) is 19.8. The van der Waals surface area contributed by atoms with Crippen LogP contribution >= 0.6 is 11.6 Å². The van der Waals surface area contributed by atoms with Crippen LogP contribution in [-0.4, -0.2) is 24.1 Å². The van der Waals surface area contributed by atoms with Crippen molar-refractivity contribution in [3.05, 3.63) is 77.0 Å². The average Bonchev–Trinajstić information content (AvgIpc) is 3.16. The molecule has 0 bridgehead atoms. The highest BCUT2D eigenvalue weighted by atomic mass is 35.5. The third kappa shape index (κ3) is 5.04. The molecular weight excluding hydrogens is 474 g/mol. The van der Waals surface area contributed by atoms with Gasteiger partial charge in [0.2, 0.25) is 15.9 Å². The fraction of sp³-hybridized carbons (Fsp3) is 0.208. The van der Waals surface area contributed by atoms with E-state index in [1.54, 1.807) is 35.0 Å². The molecule has 3 aromatic rings. The Labute approximate surface area is 202 Å². The number of anilines is 1. The van der Waals surface area contributed by atoms with Crippen molar-refractivity contribution < 1.29 is 13.2 Å². The van der Waals surface area contributed by atoms with Gasteiger partial charge in [-0.1, -0.05) is 55.0 Å². The van der Waals surface area contributed by atoms with Crippen LogP contribution in [0.15, 0.2) is 71.3 Å². The molecule has 0 saturated heterocycles. The topological polar surface area (TPSA) is 131 Å². The molecule has 2 atom stereocenters. The van der Waals surface area contributed by atoms with Gasteiger partial charge >= 0.3 is 0 Å². The second-order valence-electron chi connectivity index (χ2n) is 8.19. The van der Waals surface area contributed by atoms with Gasteiger partial charge in [0.05, 0.1) is 41.6 Å². The molecule has 174 valence electrons. The molecule has 0 radical (unpaired) electrons. The molecule has 1 aliphatic rings. The Balaban J connectivity index is 1.67. The number of aromatic nitrogens is 2. The maximum atomic E-state index is 12.6. The van der Waals surface area contributed by atoms with Crippen LogP contribution in [0.4, 0.5) is 5.69 Å². The van der Waals surface area contributed by atoms with Crippen LogP contribution in [0.3, 0.4) is 0 Å². The number of amides is 1. The van der Waals surface area contributed by atoms with Crippen LogP contribution in [0.5, 0.6) is 0 Å². The van der Waals surface area contributed by atoms with E-state index in [0.29, 0.717) is 28.0 Å². The van der Waals surface area contributed by atoms with E-state index in [-0.39, 0.29) is 34.7 Å². The highest BCUT2D eigenvalue weighted by Crippen LogP contribution is 2.29. The lowest BCUT2D eigenvalue weighted by Gasteiger charge is -2.17. The Kier molecular flexibility index (Phi) is 6.57. The normalized spacial score (nSPS) is 17.9. The molecule has 0 spiro atoms. The molecule has 1 heterocycles. The number of sulfonamides is 1. The van der Waals surface area contributed by atoms with Crippen LogP contribution in [0.25, 0.3) is 10.9 Å². The van der Waals surface area contributed by atoms with Crippen molar-refractivity contribution in [1.82, 2.24) is 9.78 Å². The maximum absolute atomic E-state index is 12.6. The quantitative estimate of drug-likeness (QED) is 0.537. The molecule has 0 aliphatic heterocycles. The molecule has 2 aromatic carbocycles.